The number of hydrogen-bond donors (Lipinski definition) is 1. The van der Waals surface area contributed by atoms with E-state index in [2.05, 4.69) is 5.32 Å². The summed E-state index contributed by atoms with van der Waals surface area (Å²) in [7, 11) is 0. The molecule has 0 aromatic heterocycles. The van der Waals surface area contributed by atoms with Crippen molar-refractivity contribution in [2.75, 3.05) is 31.5 Å². The zero-order valence-electron chi connectivity index (χ0n) is 18.1. The monoisotopic (exact) mass is 424 g/mol. The van der Waals surface area contributed by atoms with Crippen LogP contribution >= 0.6 is 0 Å². The SMILES string of the molecule is Cc1cccc(NC(=O)N2CCC(N3CCN(Cc4ccc(F)cc4)C3=O)CC2)c1C. The van der Waals surface area contributed by atoms with Crippen molar-refractivity contribution >= 4 is 17.7 Å². The summed E-state index contributed by atoms with van der Waals surface area (Å²) in [5.41, 5.74) is 4.00. The van der Waals surface area contributed by atoms with Crippen LogP contribution in [0.15, 0.2) is 42.5 Å². The summed E-state index contributed by atoms with van der Waals surface area (Å²) in [5.74, 6) is -0.272. The van der Waals surface area contributed by atoms with E-state index in [1.165, 1.54) is 12.1 Å². The minimum atomic E-state index is -0.272. The lowest BCUT2D eigenvalue weighted by Gasteiger charge is -2.36. The van der Waals surface area contributed by atoms with Gasteiger partial charge < -0.3 is 20.0 Å². The number of benzene rings is 2. The third kappa shape index (κ3) is 4.65. The average molecular weight is 425 g/mol. The number of halogens is 1. The molecule has 164 valence electrons. The van der Waals surface area contributed by atoms with E-state index in [-0.39, 0.29) is 23.9 Å². The quantitative estimate of drug-likeness (QED) is 0.792. The van der Waals surface area contributed by atoms with E-state index in [0.717, 1.165) is 35.2 Å². The Morgan fingerprint density at radius 3 is 2.45 bits per heavy atom. The summed E-state index contributed by atoms with van der Waals surface area (Å²) in [6, 6.07) is 12.3. The molecule has 2 aromatic rings. The van der Waals surface area contributed by atoms with Crippen molar-refractivity contribution in [1.29, 1.82) is 0 Å². The smallest absolute Gasteiger partial charge is 0.321 e. The highest BCUT2D eigenvalue weighted by atomic mass is 19.1. The molecule has 2 saturated heterocycles. The fraction of sp³-hybridized carbons (Fsp3) is 0.417. The van der Waals surface area contributed by atoms with Crippen LogP contribution in [0.5, 0.6) is 0 Å². The highest BCUT2D eigenvalue weighted by Gasteiger charge is 2.36. The number of aryl methyl sites for hydroxylation is 1. The normalized spacial score (nSPS) is 17.4. The van der Waals surface area contributed by atoms with Gasteiger partial charge in [0.25, 0.3) is 0 Å². The molecule has 4 amide bonds. The fourth-order valence-corrected chi connectivity index (χ4v) is 4.36. The Labute approximate surface area is 182 Å². The zero-order valence-corrected chi connectivity index (χ0v) is 18.1. The molecule has 0 aliphatic carbocycles. The van der Waals surface area contributed by atoms with Crippen molar-refractivity contribution in [2.45, 2.75) is 39.3 Å². The van der Waals surface area contributed by atoms with Crippen LogP contribution in [0.1, 0.15) is 29.5 Å². The number of nitrogens with zero attached hydrogens (tertiary/aromatic N) is 3. The van der Waals surface area contributed by atoms with Crippen molar-refractivity contribution in [1.82, 2.24) is 14.7 Å². The summed E-state index contributed by atoms with van der Waals surface area (Å²) in [5, 5.41) is 3.02. The minimum Gasteiger partial charge on any atom is -0.324 e. The number of hydrogen-bond acceptors (Lipinski definition) is 2. The first kappa shape index (κ1) is 21.2. The number of urea groups is 2. The van der Waals surface area contributed by atoms with E-state index in [9.17, 15) is 14.0 Å². The highest BCUT2D eigenvalue weighted by Crippen LogP contribution is 2.24. The van der Waals surface area contributed by atoms with Gasteiger partial charge >= 0.3 is 12.1 Å². The Hall–Kier alpha value is -3.09. The summed E-state index contributed by atoms with van der Waals surface area (Å²) < 4.78 is 13.1. The van der Waals surface area contributed by atoms with Crippen molar-refractivity contribution < 1.29 is 14.0 Å². The topological polar surface area (TPSA) is 55.9 Å². The summed E-state index contributed by atoms with van der Waals surface area (Å²) >= 11 is 0. The lowest BCUT2D eigenvalue weighted by atomic mass is 10.0. The van der Waals surface area contributed by atoms with Gasteiger partial charge in [-0.2, -0.15) is 0 Å². The number of nitrogens with one attached hydrogen (secondary N) is 1. The third-order valence-corrected chi connectivity index (χ3v) is 6.45. The summed E-state index contributed by atoms with van der Waals surface area (Å²) in [6.45, 7) is 7.15. The van der Waals surface area contributed by atoms with Crippen LogP contribution < -0.4 is 5.32 Å². The molecule has 7 heteroatoms. The molecule has 0 unspecified atom stereocenters. The van der Waals surface area contributed by atoms with Gasteiger partial charge in [0.15, 0.2) is 0 Å². The predicted octanol–water partition coefficient (Wildman–Crippen LogP) is 4.38. The van der Waals surface area contributed by atoms with Crippen LogP contribution in [0.25, 0.3) is 0 Å². The fourth-order valence-electron chi connectivity index (χ4n) is 4.36. The Morgan fingerprint density at radius 1 is 1.03 bits per heavy atom. The lowest BCUT2D eigenvalue weighted by Crippen LogP contribution is -2.49. The molecule has 31 heavy (non-hydrogen) atoms. The standard InChI is InChI=1S/C24H29FN4O2/c1-17-4-3-5-22(18(17)2)26-23(30)27-12-10-21(11-13-27)29-15-14-28(24(29)31)16-19-6-8-20(25)9-7-19/h3-9,21H,10-16H2,1-2H3,(H,26,30). The molecule has 0 spiro atoms. The Morgan fingerprint density at radius 2 is 1.74 bits per heavy atom. The maximum Gasteiger partial charge on any atom is 0.321 e. The van der Waals surface area contributed by atoms with Crippen LogP contribution in [0.3, 0.4) is 0 Å². The van der Waals surface area contributed by atoms with Crippen molar-refractivity contribution in [3.05, 3.63) is 65.0 Å². The molecule has 0 radical (unpaired) electrons. The maximum absolute atomic E-state index is 13.1. The van der Waals surface area contributed by atoms with E-state index in [1.807, 2.05) is 46.7 Å². The second-order valence-corrected chi connectivity index (χ2v) is 8.42. The second kappa shape index (κ2) is 8.96. The number of rotatable bonds is 4. The van der Waals surface area contributed by atoms with Crippen LogP contribution in [-0.2, 0) is 6.54 Å². The van der Waals surface area contributed by atoms with Gasteiger partial charge in [-0.15, -0.1) is 0 Å². The number of anilines is 1. The molecule has 2 aliphatic rings. The molecule has 1 N–H and O–H groups in total. The van der Waals surface area contributed by atoms with Gasteiger partial charge in [0.1, 0.15) is 5.82 Å². The molecule has 6 nitrogen and oxygen atoms in total. The number of carbonyl (C=O) groups excluding carboxylic acids is 2. The molecule has 0 bridgehead atoms. The van der Waals surface area contributed by atoms with Gasteiger partial charge in [-0.3, -0.25) is 0 Å². The molecule has 0 saturated carbocycles. The Bertz CT molecular complexity index is 955. The van der Waals surface area contributed by atoms with Crippen molar-refractivity contribution in [3.63, 3.8) is 0 Å². The van der Waals surface area contributed by atoms with E-state index in [4.69, 9.17) is 0 Å². The molecular formula is C24H29FN4O2. The maximum atomic E-state index is 13.1. The van der Waals surface area contributed by atoms with Crippen LogP contribution in [0.2, 0.25) is 0 Å². The van der Waals surface area contributed by atoms with Gasteiger partial charge in [0.05, 0.1) is 0 Å². The Kier molecular flexibility index (Phi) is 6.11. The number of piperidine rings is 1. The molecule has 2 aliphatic heterocycles. The van der Waals surface area contributed by atoms with Gasteiger partial charge in [-0.1, -0.05) is 24.3 Å². The van der Waals surface area contributed by atoms with E-state index in [1.54, 1.807) is 12.1 Å². The zero-order chi connectivity index (χ0) is 22.0. The number of amides is 4. The third-order valence-electron chi connectivity index (χ3n) is 6.45. The average Bonchev–Trinajstić information content (AvgIpc) is 3.13. The molecule has 4 rings (SSSR count). The number of likely N-dealkylation sites (tertiary alicyclic amines) is 1. The van der Waals surface area contributed by atoms with Crippen LogP contribution in [0, 0.1) is 19.7 Å². The van der Waals surface area contributed by atoms with Gasteiger partial charge in [0, 0.05) is 44.5 Å². The predicted molar refractivity (Wildman–Crippen MR) is 118 cm³/mol. The van der Waals surface area contributed by atoms with E-state index < -0.39 is 0 Å². The van der Waals surface area contributed by atoms with Crippen molar-refractivity contribution in [2.24, 2.45) is 0 Å². The van der Waals surface area contributed by atoms with E-state index in [0.29, 0.717) is 32.7 Å². The molecule has 2 fully saturated rings. The van der Waals surface area contributed by atoms with Gasteiger partial charge in [-0.25, -0.2) is 14.0 Å². The second-order valence-electron chi connectivity index (χ2n) is 8.42. The molecular weight excluding hydrogens is 395 g/mol. The van der Waals surface area contributed by atoms with Crippen molar-refractivity contribution in [3.8, 4) is 0 Å². The first-order chi connectivity index (χ1) is 14.9. The Balaban J connectivity index is 1.29. The summed E-state index contributed by atoms with van der Waals surface area (Å²) in [4.78, 5) is 31.2. The van der Waals surface area contributed by atoms with Gasteiger partial charge in [0.2, 0.25) is 0 Å². The van der Waals surface area contributed by atoms with Gasteiger partial charge in [-0.05, 0) is 61.6 Å². The van der Waals surface area contributed by atoms with Crippen LogP contribution in [0.4, 0.5) is 19.7 Å². The van der Waals surface area contributed by atoms with Crippen LogP contribution in [-0.4, -0.2) is 59.0 Å². The first-order valence-corrected chi connectivity index (χ1v) is 10.8. The first-order valence-electron chi connectivity index (χ1n) is 10.8. The molecule has 2 aromatic carbocycles. The summed E-state index contributed by atoms with van der Waals surface area (Å²) in [6.07, 6.45) is 1.55. The molecule has 2 heterocycles. The van der Waals surface area contributed by atoms with E-state index >= 15 is 0 Å². The lowest BCUT2D eigenvalue weighted by molar-refractivity contribution is 0.139. The molecule has 0 atom stereocenters. The minimum absolute atomic E-state index is 0.0302. The highest BCUT2D eigenvalue weighted by molar-refractivity contribution is 5.90. The number of carbonyl (C=O) groups is 2. The largest absolute Gasteiger partial charge is 0.324 e.